The summed E-state index contributed by atoms with van der Waals surface area (Å²) in [5.74, 6) is -1.70. The number of hydroxylamine groups is 2. The highest BCUT2D eigenvalue weighted by molar-refractivity contribution is 7.98. The van der Waals surface area contributed by atoms with Crippen LogP contribution in [-0.2, 0) is 16.1 Å². The molecule has 2 aromatic heterocycles. The summed E-state index contributed by atoms with van der Waals surface area (Å²) in [5.41, 5.74) is 5.01. The first-order valence-electron chi connectivity index (χ1n) is 10.2. The van der Waals surface area contributed by atoms with Crippen molar-refractivity contribution in [3.8, 4) is 0 Å². The highest BCUT2D eigenvalue weighted by Gasteiger charge is 2.27. The van der Waals surface area contributed by atoms with Crippen molar-refractivity contribution in [2.45, 2.75) is 43.8 Å². The molecule has 0 unspecified atom stereocenters. The molecule has 10 nitrogen and oxygen atoms in total. The summed E-state index contributed by atoms with van der Waals surface area (Å²) >= 11 is 2.66. The van der Waals surface area contributed by atoms with Gasteiger partial charge in [-0.3, -0.25) is 25.6 Å². The molecule has 1 aliphatic rings. The van der Waals surface area contributed by atoms with Crippen LogP contribution in [0.15, 0.2) is 16.7 Å². The SMILES string of the molecule is CSc1nc(NCc2nccs2)c(F)c(NNC(=O)[C@@H](CC2CCCC2)CN(O)C=O)n1. The van der Waals surface area contributed by atoms with Crippen LogP contribution in [0.4, 0.5) is 16.0 Å². The van der Waals surface area contributed by atoms with Crippen LogP contribution in [0.3, 0.4) is 0 Å². The van der Waals surface area contributed by atoms with Gasteiger partial charge < -0.3 is 5.32 Å². The number of carbonyl (C=O) groups excluding carboxylic acids is 2. The predicted octanol–water partition coefficient (Wildman–Crippen LogP) is 2.89. The zero-order valence-electron chi connectivity index (χ0n) is 17.6. The molecule has 13 heteroatoms. The first-order valence-corrected chi connectivity index (χ1v) is 12.3. The topological polar surface area (TPSA) is 132 Å². The van der Waals surface area contributed by atoms with E-state index in [0.29, 0.717) is 29.1 Å². The van der Waals surface area contributed by atoms with Gasteiger partial charge in [-0.1, -0.05) is 37.4 Å². The number of hydrazine groups is 1. The molecule has 1 saturated carbocycles. The number of nitrogens with one attached hydrogen (secondary N) is 3. The maximum Gasteiger partial charge on any atom is 0.243 e. The van der Waals surface area contributed by atoms with Gasteiger partial charge in [0.1, 0.15) is 5.01 Å². The fourth-order valence-corrected chi connectivity index (χ4v) is 4.54. The highest BCUT2D eigenvalue weighted by Crippen LogP contribution is 2.31. The number of hydrogen-bond donors (Lipinski definition) is 4. The number of anilines is 2. The Morgan fingerprint density at radius 3 is 2.81 bits per heavy atom. The molecule has 0 aromatic carbocycles. The Morgan fingerprint density at radius 2 is 2.16 bits per heavy atom. The lowest BCUT2D eigenvalue weighted by Crippen LogP contribution is -2.41. The standard InChI is InChI=1S/C19H26FN7O3S2/c1-31-19-23-16(22-9-14-21-6-7-32-14)15(20)17(24-19)25-26-18(29)13(10-27(30)11-28)8-12-4-2-3-5-12/h6-7,11-13,30H,2-5,8-10H2,1H3,(H,26,29)(H2,22,23,24,25)/t13-/m0/s1. The van der Waals surface area contributed by atoms with E-state index in [4.69, 9.17) is 0 Å². The lowest BCUT2D eigenvalue weighted by Gasteiger charge is -2.22. The third-order valence-electron chi connectivity index (χ3n) is 5.20. The Balaban J connectivity index is 1.67. The van der Waals surface area contributed by atoms with Gasteiger partial charge in [0, 0.05) is 11.6 Å². The molecule has 2 heterocycles. The maximum atomic E-state index is 14.9. The van der Waals surface area contributed by atoms with Crippen molar-refractivity contribution >= 4 is 47.1 Å². The Hall–Kier alpha value is -2.51. The Bertz CT molecular complexity index is 897. The lowest BCUT2D eigenvalue weighted by atomic mass is 9.92. The van der Waals surface area contributed by atoms with E-state index in [1.54, 1.807) is 12.5 Å². The van der Waals surface area contributed by atoms with E-state index >= 15 is 0 Å². The smallest absolute Gasteiger partial charge is 0.243 e. The second kappa shape index (κ2) is 11.9. The molecule has 32 heavy (non-hydrogen) atoms. The number of halogens is 1. The first-order chi connectivity index (χ1) is 15.5. The number of thioether (sulfide) groups is 1. The molecular formula is C19H26FN7O3S2. The Labute approximate surface area is 193 Å². The van der Waals surface area contributed by atoms with Crippen molar-refractivity contribution in [1.82, 2.24) is 25.4 Å². The van der Waals surface area contributed by atoms with Crippen molar-refractivity contribution in [3.05, 3.63) is 22.4 Å². The normalized spacial score (nSPS) is 14.7. The van der Waals surface area contributed by atoms with Gasteiger partial charge in [0.25, 0.3) is 0 Å². The number of hydrogen-bond acceptors (Lipinski definition) is 10. The number of amides is 2. The molecule has 0 spiro atoms. The predicted molar refractivity (Wildman–Crippen MR) is 120 cm³/mol. The van der Waals surface area contributed by atoms with Gasteiger partial charge in [-0.05, 0) is 18.6 Å². The molecule has 2 amide bonds. The minimum atomic E-state index is -0.747. The monoisotopic (exact) mass is 483 g/mol. The number of aromatic nitrogens is 3. The summed E-state index contributed by atoms with van der Waals surface area (Å²) in [6, 6.07) is 0. The number of nitrogens with zero attached hydrogens (tertiary/aromatic N) is 4. The summed E-state index contributed by atoms with van der Waals surface area (Å²) in [6.07, 6.45) is 8.44. The summed E-state index contributed by atoms with van der Waals surface area (Å²) in [7, 11) is 0. The van der Waals surface area contributed by atoms with E-state index in [2.05, 4.69) is 31.1 Å². The maximum absolute atomic E-state index is 14.9. The minimum absolute atomic E-state index is 0.0127. The van der Waals surface area contributed by atoms with Crippen LogP contribution in [0.2, 0.25) is 0 Å². The second-order valence-electron chi connectivity index (χ2n) is 7.43. The second-order valence-corrected chi connectivity index (χ2v) is 9.18. The molecule has 1 fully saturated rings. The lowest BCUT2D eigenvalue weighted by molar-refractivity contribution is -0.154. The zero-order chi connectivity index (χ0) is 22.9. The minimum Gasteiger partial charge on any atom is -0.361 e. The van der Waals surface area contributed by atoms with Crippen molar-refractivity contribution in [3.63, 3.8) is 0 Å². The van der Waals surface area contributed by atoms with Crippen LogP contribution >= 0.6 is 23.1 Å². The van der Waals surface area contributed by atoms with E-state index in [1.807, 2.05) is 5.38 Å². The average Bonchev–Trinajstić information content (AvgIpc) is 3.51. The average molecular weight is 484 g/mol. The Kier molecular flexibility index (Phi) is 9.00. The van der Waals surface area contributed by atoms with Gasteiger partial charge in [-0.2, -0.15) is 4.39 Å². The van der Waals surface area contributed by atoms with E-state index in [9.17, 15) is 19.2 Å². The highest BCUT2D eigenvalue weighted by atomic mass is 32.2. The largest absolute Gasteiger partial charge is 0.361 e. The van der Waals surface area contributed by atoms with Crippen LogP contribution < -0.4 is 16.2 Å². The van der Waals surface area contributed by atoms with Gasteiger partial charge >= 0.3 is 0 Å². The van der Waals surface area contributed by atoms with Gasteiger partial charge in [0.2, 0.25) is 18.1 Å². The Morgan fingerprint density at radius 1 is 1.41 bits per heavy atom. The van der Waals surface area contributed by atoms with Crippen LogP contribution in [0.25, 0.3) is 0 Å². The molecule has 174 valence electrons. The summed E-state index contributed by atoms with van der Waals surface area (Å²) < 4.78 is 14.9. The van der Waals surface area contributed by atoms with Crippen molar-refractivity contribution < 1.29 is 19.2 Å². The molecule has 1 aliphatic carbocycles. The number of thiazole rings is 1. The molecule has 1 atom stereocenters. The number of carbonyl (C=O) groups is 2. The molecular weight excluding hydrogens is 457 g/mol. The zero-order valence-corrected chi connectivity index (χ0v) is 19.2. The van der Waals surface area contributed by atoms with Gasteiger partial charge in [0.05, 0.1) is 19.0 Å². The third-order valence-corrected chi connectivity index (χ3v) is 6.53. The fraction of sp³-hybridized carbons (Fsp3) is 0.526. The number of rotatable bonds is 12. The first kappa shape index (κ1) is 24.1. The van der Waals surface area contributed by atoms with Gasteiger partial charge in [-0.25, -0.2) is 20.0 Å². The van der Waals surface area contributed by atoms with Crippen molar-refractivity contribution in [2.75, 3.05) is 23.5 Å². The summed E-state index contributed by atoms with van der Waals surface area (Å²) in [4.78, 5) is 36.0. The third kappa shape index (κ3) is 6.74. The van der Waals surface area contributed by atoms with Crippen LogP contribution in [0, 0.1) is 17.7 Å². The molecule has 0 aliphatic heterocycles. The van der Waals surface area contributed by atoms with E-state index < -0.39 is 17.6 Å². The molecule has 0 radical (unpaired) electrons. The molecule has 2 aromatic rings. The van der Waals surface area contributed by atoms with Crippen LogP contribution in [0.5, 0.6) is 0 Å². The molecule has 0 saturated heterocycles. The van der Waals surface area contributed by atoms with Crippen LogP contribution in [0.1, 0.15) is 37.1 Å². The molecule has 3 rings (SSSR count). The van der Waals surface area contributed by atoms with Gasteiger partial charge in [0.15, 0.2) is 16.8 Å². The summed E-state index contributed by atoms with van der Waals surface area (Å²) in [6.45, 7) is 0.156. The van der Waals surface area contributed by atoms with E-state index in [0.717, 1.165) is 30.7 Å². The van der Waals surface area contributed by atoms with Crippen molar-refractivity contribution in [2.24, 2.45) is 11.8 Å². The summed E-state index contributed by atoms with van der Waals surface area (Å²) in [5, 5.41) is 15.9. The van der Waals surface area contributed by atoms with E-state index in [1.165, 1.54) is 23.1 Å². The van der Waals surface area contributed by atoms with E-state index in [-0.39, 0.29) is 24.6 Å². The van der Waals surface area contributed by atoms with Gasteiger partial charge in [-0.15, -0.1) is 11.3 Å². The van der Waals surface area contributed by atoms with Crippen molar-refractivity contribution in [1.29, 1.82) is 0 Å². The molecule has 4 N–H and O–H groups in total. The van der Waals surface area contributed by atoms with Crippen LogP contribution in [-0.4, -0.2) is 50.3 Å². The molecule has 0 bridgehead atoms. The quantitative estimate of drug-likeness (QED) is 0.118. The fourth-order valence-electron chi connectivity index (χ4n) is 3.62.